The number of nitrogens with zero attached hydrogens (tertiary/aromatic N) is 2. The summed E-state index contributed by atoms with van der Waals surface area (Å²) < 4.78 is 13.8. The maximum Gasteiger partial charge on any atom is 0.181 e. The van der Waals surface area contributed by atoms with Crippen LogP contribution in [-0.2, 0) is 12.8 Å². The topological polar surface area (TPSA) is 67.6 Å². The summed E-state index contributed by atoms with van der Waals surface area (Å²) in [6.45, 7) is 1.94. The molecule has 0 bridgehead atoms. The van der Waals surface area contributed by atoms with E-state index in [4.69, 9.17) is 17.3 Å². The molecule has 3 rings (SSSR count). The fourth-order valence-corrected chi connectivity index (χ4v) is 2.56. The van der Waals surface area contributed by atoms with Crippen LogP contribution in [0.1, 0.15) is 16.8 Å². The summed E-state index contributed by atoms with van der Waals surface area (Å²) in [6, 6.07) is 4.83. The molecular weight excluding hydrogens is 291 g/mol. The van der Waals surface area contributed by atoms with Gasteiger partial charge in [0.15, 0.2) is 5.65 Å². The zero-order valence-electron chi connectivity index (χ0n) is 11.5. The predicted molar refractivity (Wildman–Crippen MR) is 81.9 cm³/mol. The highest BCUT2D eigenvalue weighted by Gasteiger charge is 2.11. The first-order chi connectivity index (χ1) is 10.1. The van der Waals surface area contributed by atoms with Gasteiger partial charge < -0.3 is 5.73 Å². The van der Waals surface area contributed by atoms with E-state index in [1.54, 1.807) is 6.20 Å². The Labute approximate surface area is 126 Å². The molecule has 0 atom stereocenters. The van der Waals surface area contributed by atoms with Crippen molar-refractivity contribution in [1.82, 2.24) is 15.2 Å². The van der Waals surface area contributed by atoms with Gasteiger partial charge >= 0.3 is 0 Å². The number of nitrogens with two attached hydrogens (primary N) is 1. The lowest BCUT2D eigenvalue weighted by molar-refractivity contribution is 0.609. The number of benzene rings is 1. The van der Waals surface area contributed by atoms with Gasteiger partial charge in [0.25, 0.3) is 0 Å². The molecule has 0 spiro atoms. The number of H-pyrrole nitrogens is 1. The molecule has 3 aromatic rings. The van der Waals surface area contributed by atoms with Crippen molar-refractivity contribution in [3.63, 3.8) is 0 Å². The molecule has 0 aliphatic carbocycles. The van der Waals surface area contributed by atoms with Crippen molar-refractivity contribution >= 4 is 28.3 Å². The molecule has 0 amide bonds. The Morgan fingerprint density at radius 3 is 2.95 bits per heavy atom. The number of hydrogen-bond acceptors (Lipinski definition) is 3. The summed E-state index contributed by atoms with van der Waals surface area (Å²) >= 11 is 6.07. The Bertz CT molecular complexity index is 813. The second kappa shape index (κ2) is 5.33. The molecule has 21 heavy (non-hydrogen) atoms. The van der Waals surface area contributed by atoms with Gasteiger partial charge in [0.1, 0.15) is 5.82 Å². The number of halogens is 2. The van der Waals surface area contributed by atoms with Gasteiger partial charge in [0, 0.05) is 22.8 Å². The van der Waals surface area contributed by atoms with E-state index in [0.29, 0.717) is 34.8 Å². The summed E-state index contributed by atoms with van der Waals surface area (Å²) in [7, 11) is 0. The molecule has 3 N–H and O–H groups in total. The maximum absolute atomic E-state index is 13.8. The Morgan fingerprint density at radius 2 is 2.14 bits per heavy atom. The third-order valence-corrected chi connectivity index (χ3v) is 3.98. The van der Waals surface area contributed by atoms with Crippen LogP contribution in [0.25, 0.3) is 11.0 Å². The molecule has 108 valence electrons. The summed E-state index contributed by atoms with van der Waals surface area (Å²) in [5.74, 6) is -0.331. The zero-order valence-corrected chi connectivity index (χ0v) is 12.2. The van der Waals surface area contributed by atoms with Crippen LogP contribution in [0.2, 0.25) is 5.02 Å². The molecule has 4 nitrogen and oxygen atoms in total. The highest BCUT2D eigenvalue weighted by atomic mass is 35.5. The molecule has 0 fully saturated rings. The number of pyridine rings is 1. The van der Waals surface area contributed by atoms with Crippen LogP contribution < -0.4 is 5.73 Å². The highest BCUT2D eigenvalue weighted by molar-refractivity contribution is 6.33. The number of fused-ring (bicyclic) bond motifs is 1. The van der Waals surface area contributed by atoms with Crippen LogP contribution in [-0.4, -0.2) is 15.2 Å². The normalized spacial score (nSPS) is 11.2. The van der Waals surface area contributed by atoms with Gasteiger partial charge in [-0.1, -0.05) is 11.6 Å². The molecule has 0 radical (unpaired) electrons. The molecule has 1 aromatic carbocycles. The molecule has 0 saturated carbocycles. The number of nitrogen functional groups attached to an aromatic ring is 1. The molecule has 0 unspecified atom stereocenters. The van der Waals surface area contributed by atoms with Gasteiger partial charge in [-0.05, 0) is 43.5 Å². The summed E-state index contributed by atoms with van der Waals surface area (Å²) in [5.41, 5.74) is 9.21. The van der Waals surface area contributed by atoms with Crippen LogP contribution in [0.4, 0.5) is 10.1 Å². The number of nitrogens with one attached hydrogen (secondary N) is 1. The Balaban J connectivity index is 1.86. The highest BCUT2D eigenvalue weighted by Crippen LogP contribution is 2.27. The van der Waals surface area contributed by atoms with Crippen molar-refractivity contribution in [2.75, 3.05) is 5.73 Å². The third-order valence-electron chi connectivity index (χ3n) is 3.54. The van der Waals surface area contributed by atoms with Gasteiger partial charge in [-0.2, -0.15) is 5.10 Å². The van der Waals surface area contributed by atoms with Crippen molar-refractivity contribution in [3.05, 3.63) is 52.1 Å². The van der Waals surface area contributed by atoms with E-state index in [9.17, 15) is 4.39 Å². The first kappa shape index (κ1) is 13.8. The number of aromatic nitrogens is 3. The SMILES string of the molecule is Cc1[nH]nc2ncc(CCc3c(F)ccc(N)c3Cl)cc12. The second-order valence-corrected chi connectivity index (χ2v) is 5.37. The van der Waals surface area contributed by atoms with Gasteiger partial charge in [-0.3, -0.25) is 5.10 Å². The van der Waals surface area contributed by atoms with E-state index in [0.717, 1.165) is 16.6 Å². The largest absolute Gasteiger partial charge is 0.398 e. The lowest BCUT2D eigenvalue weighted by Gasteiger charge is -2.08. The van der Waals surface area contributed by atoms with E-state index in [1.165, 1.54) is 12.1 Å². The van der Waals surface area contributed by atoms with E-state index in [-0.39, 0.29) is 5.82 Å². The first-order valence-corrected chi connectivity index (χ1v) is 6.96. The quantitative estimate of drug-likeness (QED) is 0.728. The predicted octanol–water partition coefficient (Wildman–Crippen LogP) is 3.43. The van der Waals surface area contributed by atoms with Gasteiger partial charge in [-0.25, -0.2) is 9.37 Å². The average Bonchev–Trinajstić information content (AvgIpc) is 2.84. The minimum atomic E-state index is -0.331. The number of rotatable bonds is 3. The number of anilines is 1. The molecule has 2 heterocycles. The lowest BCUT2D eigenvalue weighted by atomic mass is 10.0. The lowest BCUT2D eigenvalue weighted by Crippen LogP contribution is -1.99. The Kier molecular flexibility index (Phi) is 3.51. The zero-order chi connectivity index (χ0) is 15.0. The maximum atomic E-state index is 13.8. The van der Waals surface area contributed by atoms with Crippen LogP contribution in [0.3, 0.4) is 0 Å². The van der Waals surface area contributed by atoms with Crippen LogP contribution in [0.5, 0.6) is 0 Å². The fourth-order valence-electron chi connectivity index (χ4n) is 2.31. The third kappa shape index (κ3) is 2.56. The molecule has 0 saturated heterocycles. The van der Waals surface area contributed by atoms with Crippen molar-refractivity contribution in [1.29, 1.82) is 0 Å². The van der Waals surface area contributed by atoms with E-state index < -0.39 is 0 Å². The Hall–Kier alpha value is -2.14. The summed E-state index contributed by atoms with van der Waals surface area (Å²) in [4.78, 5) is 4.28. The monoisotopic (exact) mass is 304 g/mol. The number of aryl methyl sites for hydroxylation is 2. The smallest absolute Gasteiger partial charge is 0.181 e. The summed E-state index contributed by atoms with van der Waals surface area (Å²) in [5, 5.41) is 8.25. The van der Waals surface area contributed by atoms with Crippen molar-refractivity contribution in [2.45, 2.75) is 19.8 Å². The average molecular weight is 305 g/mol. The van der Waals surface area contributed by atoms with Gasteiger partial charge in [0.2, 0.25) is 0 Å². The van der Waals surface area contributed by atoms with E-state index >= 15 is 0 Å². The van der Waals surface area contributed by atoms with Crippen molar-refractivity contribution in [2.24, 2.45) is 0 Å². The molecular formula is C15H14ClFN4. The standard InChI is InChI=1S/C15H14ClFN4/c1-8-11-6-9(7-19-15(11)21-20-8)2-3-10-12(17)4-5-13(18)14(10)16/h4-7H,2-3,18H2,1H3,(H,19,20,21). The minimum absolute atomic E-state index is 0.295. The second-order valence-electron chi connectivity index (χ2n) is 4.99. The van der Waals surface area contributed by atoms with Crippen molar-refractivity contribution in [3.8, 4) is 0 Å². The Morgan fingerprint density at radius 1 is 1.33 bits per heavy atom. The fraction of sp³-hybridized carbons (Fsp3) is 0.200. The minimum Gasteiger partial charge on any atom is -0.398 e. The van der Waals surface area contributed by atoms with E-state index in [1.807, 2.05) is 13.0 Å². The molecule has 0 aliphatic heterocycles. The number of hydrogen-bond donors (Lipinski definition) is 2. The summed E-state index contributed by atoms with van der Waals surface area (Å²) in [6.07, 6.45) is 2.86. The van der Waals surface area contributed by atoms with Gasteiger partial charge in [0.05, 0.1) is 10.7 Å². The van der Waals surface area contributed by atoms with Crippen LogP contribution in [0, 0.1) is 12.7 Å². The first-order valence-electron chi connectivity index (χ1n) is 6.58. The van der Waals surface area contributed by atoms with Crippen LogP contribution >= 0.6 is 11.6 Å². The number of aromatic amines is 1. The molecule has 0 aliphatic rings. The van der Waals surface area contributed by atoms with Gasteiger partial charge in [-0.15, -0.1) is 0 Å². The van der Waals surface area contributed by atoms with Crippen molar-refractivity contribution < 1.29 is 4.39 Å². The molecule has 6 heteroatoms. The molecule has 2 aromatic heterocycles. The van der Waals surface area contributed by atoms with Crippen LogP contribution in [0.15, 0.2) is 24.4 Å². The van der Waals surface area contributed by atoms with E-state index in [2.05, 4.69) is 15.2 Å².